The van der Waals surface area contributed by atoms with Gasteiger partial charge < -0.3 is 4.74 Å². The lowest BCUT2D eigenvalue weighted by Gasteiger charge is -2.10. The molecule has 0 unspecified atom stereocenters. The molecule has 0 saturated heterocycles. The summed E-state index contributed by atoms with van der Waals surface area (Å²) in [5.41, 5.74) is 1.61. The zero-order valence-corrected chi connectivity index (χ0v) is 13.2. The predicted octanol–water partition coefficient (Wildman–Crippen LogP) is 4.53. The van der Waals surface area contributed by atoms with E-state index in [1.165, 1.54) is 0 Å². The van der Waals surface area contributed by atoms with Crippen molar-refractivity contribution in [2.45, 2.75) is 0 Å². The Morgan fingerprint density at radius 2 is 1.79 bits per heavy atom. The van der Waals surface area contributed by atoms with E-state index in [4.69, 9.17) is 16.3 Å². The molecule has 0 atom stereocenters. The van der Waals surface area contributed by atoms with Crippen LogP contribution in [0.5, 0.6) is 11.6 Å². The summed E-state index contributed by atoms with van der Waals surface area (Å²) in [7, 11) is 0. The number of hydrogen-bond acceptors (Lipinski definition) is 5. The topological polar surface area (TPSA) is 60.8 Å². The summed E-state index contributed by atoms with van der Waals surface area (Å²) in [5.74, 6) is 1.51. The van der Waals surface area contributed by atoms with Crippen LogP contribution in [-0.4, -0.2) is 19.9 Å². The highest BCUT2D eigenvalue weighted by atomic mass is 35.5. The molecule has 3 heterocycles. The van der Waals surface area contributed by atoms with Crippen molar-refractivity contribution < 1.29 is 4.74 Å². The summed E-state index contributed by atoms with van der Waals surface area (Å²) in [4.78, 5) is 17.3. The van der Waals surface area contributed by atoms with Gasteiger partial charge in [0.15, 0.2) is 5.82 Å². The fourth-order valence-corrected chi connectivity index (χ4v) is 2.47. The molecule has 3 aromatic heterocycles. The second kappa shape index (κ2) is 6.22. The summed E-state index contributed by atoms with van der Waals surface area (Å²) < 4.78 is 5.92. The number of fused-ring (bicyclic) bond motifs is 1. The largest absolute Gasteiger partial charge is 0.437 e. The summed E-state index contributed by atoms with van der Waals surface area (Å²) in [6, 6.07) is 13.1. The molecule has 4 rings (SSSR count). The molecule has 0 aliphatic heterocycles. The Labute approximate surface area is 143 Å². The molecule has 0 fully saturated rings. The first-order valence-electron chi connectivity index (χ1n) is 7.25. The zero-order chi connectivity index (χ0) is 16.4. The van der Waals surface area contributed by atoms with Crippen molar-refractivity contribution in [1.82, 2.24) is 19.9 Å². The van der Waals surface area contributed by atoms with Crippen LogP contribution in [0.1, 0.15) is 0 Å². The van der Waals surface area contributed by atoms with Gasteiger partial charge in [0.25, 0.3) is 0 Å². The minimum Gasteiger partial charge on any atom is -0.437 e. The third-order valence-electron chi connectivity index (χ3n) is 3.38. The lowest BCUT2D eigenvalue weighted by atomic mass is 10.2. The smallest absolute Gasteiger partial charge is 0.230 e. The second-order valence-corrected chi connectivity index (χ2v) is 5.49. The van der Waals surface area contributed by atoms with Crippen molar-refractivity contribution in [3.05, 3.63) is 72.3 Å². The Hall–Kier alpha value is -3.05. The standard InChI is InChI=1S/C18H11ClN4O/c19-13-8-14(11-21-10-13)24-18-15-5-1-2-6-16(15)22-17(23-18)12-4-3-7-20-9-12/h1-11H. The lowest BCUT2D eigenvalue weighted by molar-refractivity contribution is 0.467. The molecule has 1 aromatic carbocycles. The van der Waals surface area contributed by atoms with Gasteiger partial charge in [-0.3, -0.25) is 9.97 Å². The normalized spacial score (nSPS) is 10.7. The molecule has 6 heteroatoms. The highest BCUT2D eigenvalue weighted by Gasteiger charge is 2.11. The Kier molecular flexibility index (Phi) is 3.76. The molecule has 0 aliphatic rings. The van der Waals surface area contributed by atoms with Crippen LogP contribution < -0.4 is 4.74 Å². The molecule has 0 spiro atoms. The van der Waals surface area contributed by atoms with Crippen LogP contribution in [0.3, 0.4) is 0 Å². The van der Waals surface area contributed by atoms with Gasteiger partial charge in [0.2, 0.25) is 5.88 Å². The zero-order valence-electron chi connectivity index (χ0n) is 12.4. The molecular weight excluding hydrogens is 324 g/mol. The molecule has 0 saturated carbocycles. The van der Waals surface area contributed by atoms with E-state index in [0.29, 0.717) is 22.5 Å². The maximum absolute atomic E-state index is 5.97. The second-order valence-electron chi connectivity index (χ2n) is 5.05. The molecule has 0 N–H and O–H groups in total. The number of para-hydroxylation sites is 1. The van der Waals surface area contributed by atoms with Crippen molar-refractivity contribution in [3.63, 3.8) is 0 Å². The van der Waals surface area contributed by atoms with E-state index < -0.39 is 0 Å². The number of hydrogen-bond donors (Lipinski definition) is 0. The van der Waals surface area contributed by atoms with E-state index >= 15 is 0 Å². The Morgan fingerprint density at radius 3 is 2.62 bits per heavy atom. The van der Waals surface area contributed by atoms with Gasteiger partial charge >= 0.3 is 0 Å². The van der Waals surface area contributed by atoms with Crippen LogP contribution in [0.25, 0.3) is 22.3 Å². The van der Waals surface area contributed by atoms with E-state index in [9.17, 15) is 0 Å². The van der Waals surface area contributed by atoms with Gasteiger partial charge in [-0.15, -0.1) is 0 Å². The molecule has 116 valence electrons. The molecule has 24 heavy (non-hydrogen) atoms. The summed E-state index contributed by atoms with van der Waals surface area (Å²) in [5, 5.41) is 1.31. The van der Waals surface area contributed by atoms with E-state index in [0.717, 1.165) is 16.5 Å². The summed E-state index contributed by atoms with van der Waals surface area (Å²) >= 11 is 5.97. The highest BCUT2D eigenvalue weighted by Crippen LogP contribution is 2.30. The number of rotatable bonds is 3. The van der Waals surface area contributed by atoms with E-state index in [1.54, 1.807) is 30.9 Å². The first-order valence-corrected chi connectivity index (χ1v) is 7.63. The molecule has 0 amide bonds. The molecular formula is C18H11ClN4O. The van der Waals surface area contributed by atoms with Gasteiger partial charge in [0.05, 0.1) is 22.1 Å². The third-order valence-corrected chi connectivity index (χ3v) is 3.59. The number of nitrogens with zero attached hydrogens (tertiary/aromatic N) is 4. The van der Waals surface area contributed by atoms with Crippen LogP contribution in [0.15, 0.2) is 67.3 Å². The number of pyridine rings is 2. The molecule has 0 radical (unpaired) electrons. The Morgan fingerprint density at radius 1 is 0.875 bits per heavy atom. The highest BCUT2D eigenvalue weighted by molar-refractivity contribution is 6.30. The fourth-order valence-electron chi connectivity index (χ4n) is 2.31. The minimum atomic E-state index is 0.448. The first-order chi connectivity index (χ1) is 11.8. The van der Waals surface area contributed by atoms with Crippen LogP contribution >= 0.6 is 11.6 Å². The Balaban J connectivity index is 1.86. The summed E-state index contributed by atoms with van der Waals surface area (Å²) in [6.07, 6.45) is 6.56. The van der Waals surface area contributed by atoms with Gasteiger partial charge in [-0.25, -0.2) is 4.98 Å². The number of halogens is 1. The predicted molar refractivity (Wildman–Crippen MR) is 92.1 cm³/mol. The van der Waals surface area contributed by atoms with Gasteiger partial charge in [-0.1, -0.05) is 23.7 Å². The Bertz CT molecular complexity index is 1010. The van der Waals surface area contributed by atoms with Crippen LogP contribution in [-0.2, 0) is 0 Å². The lowest BCUT2D eigenvalue weighted by Crippen LogP contribution is -1.96. The van der Waals surface area contributed by atoms with Gasteiger partial charge in [-0.2, -0.15) is 4.98 Å². The summed E-state index contributed by atoms with van der Waals surface area (Å²) in [6.45, 7) is 0. The SMILES string of the molecule is Clc1cncc(Oc2nc(-c3cccnc3)nc3ccccc23)c1. The van der Waals surface area contributed by atoms with Crippen molar-refractivity contribution in [1.29, 1.82) is 0 Å². The van der Waals surface area contributed by atoms with E-state index in [-0.39, 0.29) is 0 Å². The monoisotopic (exact) mass is 334 g/mol. The van der Waals surface area contributed by atoms with Gasteiger partial charge in [0.1, 0.15) is 5.75 Å². The van der Waals surface area contributed by atoms with E-state index in [1.807, 2.05) is 36.4 Å². The number of ether oxygens (including phenoxy) is 1. The van der Waals surface area contributed by atoms with E-state index in [2.05, 4.69) is 19.9 Å². The molecule has 0 aliphatic carbocycles. The average molecular weight is 335 g/mol. The van der Waals surface area contributed by atoms with Crippen LogP contribution in [0.2, 0.25) is 5.02 Å². The van der Waals surface area contributed by atoms with Gasteiger partial charge in [0, 0.05) is 30.2 Å². The van der Waals surface area contributed by atoms with Crippen LogP contribution in [0.4, 0.5) is 0 Å². The quantitative estimate of drug-likeness (QED) is 0.550. The van der Waals surface area contributed by atoms with Crippen LogP contribution in [0, 0.1) is 0 Å². The fraction of sp³-hybridized carbons (Fsp3) is 0. The number of benzene rings is 1. The first kappa shape index (κ1) is 14.5. The molecule has 4 aromatic rings. The van der Waals surface area contributed by atoms with Crippen molar-refractivity contribution >= 4 is 22.5 Å². The maximum Gasteiger partial charge on any atom is 0.230 e. The molecule has 5 nitrogen and oxygen atoms in total. The van der Waals surface area contributed by atoms with Crippen molar-refractivity contribution in [3.8, 4) is 23.0 Å². The molecule has 0 bridgehead atoms. The third kappa shape index (κ3) is 2.89. The number of aromatic nitrogens is 4. The van der Waals surface area contributed by atoms with Crippen molar-refractivity contribution in [2.75, 3.05) is 0 Å². The van der Waals surface area contributed by atoms with Crippen molar-refractivity contribution in [2.24, 2.45) is 0 Å². The minimum absolute atomic E-state index is 0.448. The average Bonchev–Trinajstić information content (AvgIpc) is 2.62. The maximum atomic E-state index is 5.97. The van der Waals surface area contributed by atoms with Gasteiger partial charge in [-0.05, 0) is 24.3 Å².